The van der Waals surface area contributed by atoms with Gasteiger partial charge in [-0.25, -0.2) is 0 Å². The molecule has 2 amide bonds. The van der Waals surface area contributed by atoms with Crippen LogP contribution in [0, 0.1) is 0 Å². The fourth-order valence-corrected chi connectivity index (χ4v) is 4.19. The van der Waals surface area contributed by atoms with E-state index in [0.29, 0.717) is 17.2 Å². The number of benzene rings is 3. The second-order valence-electron chi connectivity index (χ2n) is 8.68. The Labute approximate surface area is 221 Å². The minimum absolute atomic E-state index is 0.143. The average Bonchev–Trinajstić information content (AvgIpc) is 3.45. The van der Waals surface area contributed by atoms with E-state index in [2.05, 4.69) is 5.32 Å². The lowest BCUT2D eigenvalue weighted by Gasteiger charge is -2.31. The zero-order valence-corrected chi connectivity index (χ0v) is 21.4. The number of hydrogen-bond acceptors (Lipinski definition) is 4. The predicted octanol–water partition coefficient (Wildman–Crippen LogP) is 5.44. The third-order valence-corrected chi connectivity index (χ3v) is 6.32. The molecule has 1 aromatic heterocycles. The summed E-state index contributed by atoms with van der Waals surface area (Å²) in [6.07, 6.45) is 2.08. The van der Waals surface area contributed by atoms with E-state index < -0.39 is 6.04 Å². The van der Waals surface area contributed by atoms with Gasteiger partial charge in [0.2, 0.25) is 11.8 Å². The van der Waals surface area contributed by atoms with Crippen LogP contribution in [-0.2, 0) is 35.5 Å². The summed E-state index contributed by atoms with van der Waals surface area (Å²) in [5.41, 5.74) is 2.67. The standard InChI is InChI=1S/C30H29ClN2O4/c1-36-26-15-11-24(12-16-26)21-33(29(34)19-23-9-13-25(31)14-10-23)28(18-22-6-3-2-4-7-22)30(35)32-20-27-8-5-17-37-27/h2-17,28H,18-21H2,1H3,(H,32,35). The van der Waals surface area contributed by atoms with E-state index in [-0.39, 0.29) is 31.3 Å². The second-order valence-corrected chi connectivity index (χ2v) is 9.11. The Morgan fingerprint density at radius 1 is 0.892 bits per heavy atom. The summed E-state index contributed by atoms with van der Waals surface area (Å²) in [7, 11) is 1.61. The third-order valence-electron chi connectivity index (χ3n) is 6.07. The van der Waals surface area contributed by atoms with Gasteiger partial charge in [-0.3, -0.25) is 9.59 Å². The van der Waals surface area contributed by atoms with Crippen LogP contribution >= 0.6 is 11.6 Å². The second kappa shape index (κ2) is 12.8. The van der Waals surface area contributed by atoms with Gasteiger partial charge in [-0.2, -0.15) is 0 Å². The van der Waals surface area contributed by atoms with Gasteiger partial charge in [-0.15, -0.1) is 0 Å². The molecule has 0 aliphatic heterocycles. The maximum absolute atomic E-state index is 13.8. The molecule has 4 aromatic rings. The number of ether oxygens (including phenoxy) is 1. The van der Waals surface area contributed by atoms with Gasteiger partial charge < -0.3 is 19.4 Å². The molecule has 190 valence electrons. The van der Waals surface area contributed by atoms with Gasteiger partial charge in [0, 0.05) is 18.0 Å². The number of amides is 2. The lowest BCUT2D eigenvalue weighted by Crippen LogP contribution is -2.50. The Bertz CT molecular complexity index is 1270. The van der Waals surface area contributed by atoms with Gasteiger partial charge in [0.1, 0.15) is 17.6 Å². The first-order valence-corrected chi connectivity index (χ1v) is 12.4. The maximum Gasteiger partial charge on any atom is 0.243 e. The van der Waals surface area contributed by atoms with Gasteiger partial charge in [0.05, 0.1) is 26.3 Å². The Hall–Kier alpha value is -4.03. The summed E-state index contributed by atoms with van der Waals surface area (Å²) in [6.45, 7) is 0.501. The van der Waals surface area contributed by atoms with Crippen LogP contribution in [-0.4, -0.2) is 29.9 Å². The molecule has 1 heterocycles. The Kier molecular flexibility index (Phi) is 9.00. The molecule has 0 saturated carbocycles. The molecule has 0 fully saturated rings. The molecular weight excluding hydrogens is 488 g/mol. The summed E-state index contributed by atoms with van der Waals surface area (Å²) in [4.78, 5) is 29.0. The van der Waals surface area contributed by atoms with Gasteiger partial charge in [0.15, 0.2) is 0 Å². The topological polar surface area (TPSA) is 71.8 Å². The molecule has 3 aromatic carbocycles. The van der Waals surface area contributed by atoms with E-state index in [0.717, 1.165) is 22.4 Å². The van der Waals surface area contributed by atoms with E-state index >= 15 is 0 Å². The summed E-state index contributed by atoms with van der Waals surface area (Å²) >= 11 is 6.04. The Morgan fingerprint density at radius 2 is 1.59 bits per heavy atom. The van der Waals surface area contributed by atoms with Crippen LogP contribution in [0.1, 0.15) is 22.5 Å². The van der Waals surface area contributed by atoms with E-state index in [1.165, 1.54) is 0 Å². The molecule has 1 N–H and O–H groups in total. The van der Waals surface area contributed by atoms with Gasteiger partial charge in [0.25, 0.3) is 0 Å². The fraction of sp³-hybridized carbons (Fsp3) is 0.200. The summed E-state index contributed by atoms with van der Waals surface area (Å²) in [6, 6.07) is 27.2. The molecule has 0 bridgehead atoms. The van der Waals surface area contributed by atoms with E-state index in [1.54, 1.807) is 42.5 Å². The molecule has 0 aliphatic rings. The lowest BCUT2D eigenvalue weighted by molar-refractivity contribution is -0.140. The first kappa shape index (κ1) is 26.0. The minimum atomic E-state index is -0.737. The van der Waals surface area contributed by atoms with Crippen molar-refractivity contribution >= 4 is 23.4 Å². The van der Waals surface area contributed by atoms with E-state index in [9.17, 15) is 9.59 Å². The zero-order valence-electron chi connectivity index (χ0n) is 20.6. The van der Waals surface area contributed by atoms with Crippen molar-refractivity contribution in [3.8, 4) is 5.75 Å². The van der Waals surface area contributed by atoms with Gasteiger partial charge in [-0.05, 0) is 53.1 Å². The van der Waals surface area contributed by atoms with Crippen molar-refractivity contribution in [2.24, 2.45) is 0 Å². The smallest absolute Gasteiger partial charge is 0.243 e. The number of furan rings is 1. The van der Waals surface area contributed by atoms with Crippen LogP contribution < -0.4 is 10.1 Å². The largest absolute Gasteiger partial charge is 0.497 e. The van der Waals surface area contributed by atoms with Crippen LogP contribution in [0.15, 0.2) is 102 Å². The molecule has 0 saturated heterocycles. The van der Waals surface area contributed by atoms with Crippen molar-refractivity contribution in [2.75, 3.05) is 7.11 Å². The van der Waals surface area contributed by atoms with Crippen molar-refractivity contribution in [3.05, 3.63) is 125 Å². The molecular formula is C30H29ClN2O4. The number of carbonyl (C=O) groups excluding carboxylic acids is 2. The first-order valence-electron chi connectivity index (χ1n) is 12.0. The van der Waals surface area contributed by atoms with Crippen molar-refractivity contribution in [1.82, 2.24) is 10.2 Å². The molecule has 1 unspecified atom stereocenters. The van der Waals surface area contributed by atoms with Crippen LogP contribution in [0.3, 0.4) is 0 Å². The minimum Gasteiger partial charge on any atom is -0.497 e. The zero-order chi connectivity index (χ0) is 26.0. The lowest BCUT2D eigenvalue weighted by atomic mass is 10.0. The van der Waals surface area contributed by atoms with Crippen LogP contribution in [0.5, 0.6) is 5.75 Å². The summed E-state index contributed by atoms with van der Waals surface area (Å²) in [5.74, 6) is 0.950. The fourth-order valence-electron chi connectivity index (χ4n) is 4.07. The van der Waals surface area contributed by atoms with Gasteiger partial charge in [-0.1, -0.05) is 66.2 Å². The molecule has 7 heteroatoms. The van der Waals surface area contributed by atoms with Gasteiger partial charge >= 0.3 is 0 Å². The highest BCUT2D eigenvalue weighted by atomic mass is 35.5. The van der Waals surface area contributed by atoms with Crippen molar-refractivity contribution in [2.45, 2.75) is 32.0 Å². The molecule has 0 spiro atoms. The maximum atomic E-state index is 13.8. The number of methoxy groups -OCH3 is 1. The predicted molar refractivity (Wildman–Crippen MR) is 143 cm³/mol. The monoisotopic (exact) mass is 516 g/mol. The molecule has 37 heavy (non-hydrogen) atoms. The van der Waals surface area contributed by atoms with E-state index in [1.807, 2.05) is 66.7 Å². The quantitative estimate of drug-likeness (QED) is 0.288. The number of nitrogens with zero attached hydrogens (tertiary/aromatic N) is 1. The highest BCUT2D eigenvalue weighted by molar-refractivity contribution is 6.30. The number of carbonyl (C=O) groups is 2. The van der Waals surface area contributed by atoms with Crippen molar-refractivity contribution in [1.29, 1.82) is 0 Å². The third kappa shape index (κ3) is 7.48. The number of rotatable bonds is 11. The number of halogens is 1. The molecule has 1 atom stereocenters. The summed E-state index contributed by atoms with van der Waals surface area (Å²) < 4.78 is 10.7. The van der Waals surface area contributed by atoms with Crippen LogP contribution in [0.2, 0.25) is 5.02 Å². The van der Waals surface area contributed by atoms with Crippen molar-refractivity contribution < 1.29 is 18.7 Å². The molecule has 6 nitrogen and oxygen atoms in total. The van der Waals surface area contributed by atoms with E-state index in [4.69, 9.17) is 20.8 Å². The van der Waals surface area contributed by atoms with Crippen LogP contribution in [0.25, 0.3) is 0 Å². The Morgan fingerprint density at radius 3 is 2.24 bits per heavy atom. The van der Waals surface area contributed by atoms with Crippen molar-refractivity contribution in [3.63, 3.8) is 0 Å². The number of hydrogen-bond donors (Lipinski definition) is 1. The first-order chi connectivity index (χ1) is 18.0. The highest BCUT2D eigenvalue weighted by Crippen LogP contribution is 2.19. The Balaban J connectivity index is 1.64. The van der Waals surface area contributed by atoms with Crippen LogP contribution in [0.4, 0.5) is 0 Å². The molecule has 4 rings (SSSR count). The molecule has 0 aliphatic carbocycles. The molecule has 0 radical (unpaired) electrons. The highest BCUT2D eigenvalue weighted by Gasteiger charge is 2.30. The normalized spacial score (nSPS) is 11.5. The number of nitrogens with one attached hydrogen (secondary N) is 1. The summed E-state index contributed by atoms with van der Waals surface area (Å²) in [5, 5.41) is 3.55. The SMILES string of the molecule is COc1ccc(CN(C(=O)Cc2ccc(Cl)cc2)C(Cc2ccccc2)C(=O)NCc2ccco2)cc1. The average molecular weight is 517 g/mol.